The molecule has 214 valence electrons. The van der Waals surface area contributed by atoms with E-state index in [9.17, 15) is 22.4 Å². The van der Waals surface area contributed by atoms with Gasteiger partial charge in [0.2, 0.25) is 10.0 Å². The number of carbonyl (C=O) groups excluding carboxylic acids is 2. The summed E-state index contributed by atoms with van der Waals surface area (Å²) in [6, 6.07) is 10.0. The molecule has 1 saturated heterocycles. The number of Topliss-reactive ketones (excluding diaryl/α,β-unsaturated/α-hetero) is 1. The van der Waals surface area contributed by atoms with Gasteiger partial charge in [-0.15, -0.1) is 0 Å². The van der Waals surface area contributed by atoms with Crippen LogP contribution in [0.5, 0.6) is 11.5 Å². The maximum absolute atomic E-state index is 13.2. The van der Waals surface area contributed by atoms with E-state index in [1.165, 1.54) is 18.2 Å². The van der Waals surface area contributed by atoms with Crippen LogP contribution in [0.3, 0.4) is 0 Å². The number of hydrogen-bond acceptors (Lipinski definition) is 8. The number of ketones is 1. The fourth-order valence-corrected chi connectivity index (χ4v) is 5.06. The third-order valence-electron chi connectivity index (χ3n) is 6.43. The second-order valence-electron chi connectivity index (χ2n) is 9.70. The number of ether oxygens (including phenoxy) is 2. The maximum Gasteiger partial charge on any atom is 0.260 e. The minimum absolute atomic E-state index is 0.0211. The maximum atomic E-state index is 13.2. The highest BCUT2D eigenvalue weighted by atomic mass is 35.5. The van der Waals surface area contributed by atoms with Crippen LogP contribution >= 0.6 is 11.6 Å². The fraction of sp³-hybridized carbons (Fsp3) is 0.462. The number of benzene rings is 2. The van der Waals surface area contributed by atoms with E-state index in [0.29, 0.717) is 24.7 Å². The number of piperazine rings is 1. The molecule has 13 heteroatoms. The lowest BCUT2D eigenvalue weighted by molar-refractivity contribution is -0.139. The van der Waals surface area contributed by atoms with Gasteiger partial charge in [0.25, 0.3) is 5.91 Å². The summed E-state index contributed by atoms with van der Waals surface area (Å²) in [6.45, 7) is 5.60. The minimum atomic E-state index is -3.97. The van der Waals surface area contributed by atoms with Crippen LogP contribution in [0.1, 0.15) is 25.8 Å². The van der Waals surface area contributed by atoms with Gasteiger partial charge in [-0.2, -0.15) is 0 Å². The van der Waals surface area contributed by atoms with Gasteiger partial charge in [-0.25, -0.2) is 17.9 Å². The first-order valence-electron chi connectivity index (χ1n) is 12.4. The van der Waals surface area contributed by atoms with Gasteiger partial charge in [0.05, 0.1) is 12.6 Å². The Kier molecular flexibility index (Phi) is 10.7. The standard InChI is InChI=1S/C26H34ClFN4O6S/c1-17-13-32(18(2)12-31(17)14-19-3-6-21(28)7-4-19)26(34)15-38-24-8-5-20(27)11-25(24)37-10-9-22(29)23(33)16-39(30,35)36/h3-8,11,17-18,22H,9-10,12-16,29H2,1-2H3,(H2,30,35,36)/t17-,18+,22+/m0/s1. The lowest BCUT2D eigenvalue weighted by atomic mass is 10.1. The Hall–Kier alpha value is -2.77. The van der Waals surface area contributed by atoms with Gasteiger partial charge in [0.15, 0.2) is 23.9 Å². The predicted molar refractivity (Wildman–Crippen MR) is 145 cm³/mol. The molecule has 0 spiro atoms. The number of carbonyl (C=O) groups is 2. The van der Waals surface area contributed by atoms with Crippen molar-refractivity contribution in [2.45, 2.75) is 44.9 Å². The number of rotatable bonds is 12. The first-order valence-corrected chi connectivity index (χ1v) is 14.5. The van der Waals surface area contributed by atoms with Gasteiger partial charge in [-0.1, -0.05) is 23.7 Å². The van der Waals surface area contributed by atoms with Crippen molar-refractivity contribution in [3.05, 3.63) is 58.9 Å². The molecule has 3 atom stereocenters. The normalized spacial score (nSPS) is 19.0. The number of primary sulfonamides is 1. The Bertz CT molecular complexity index is 1260. The van der Waals surface area contributed by atoms with Crippen molar-refractivity contribution in [3.63, 3.8) is 0 Å². The molecule has 0 saturated carbocycles. The highest BCUT2D eigenvalue weighted by Gasteiger charge is 2.32. The smallest absolute Gasteiger partial charge is 0.260 e. The average molecular weight is 585 g/mol. The van der Waals surface area contributed by atoms with Crippen LogP contribution in [0, 0.1) is 5.82 Å². The molecule has 4 N–H and O–H groups in total. The lowest BCUT2D eigenvalue weighted by Gasteiger charge is -2.44. The molecule has 1 heterocycles. The molecule has 0 aromatic heterocycles. The molecule has 0 bridgehead atoms. The molecular weight excluding hydrogens is 551 g/mol. The van der Waals surface area contributed by atoms with Crippen molar-refractivity contribution < 1.29 is 31.9 Å². The van der Waals surface area contributed by atoms with Crippen LogP contribution in [0.25, 0.3) is 0 Å². The Morgan fingerprint density at radius 1 is 1.08 bits per heavy atom. The molecule has 2 aromatic carbocycles. The molecule has 0 unspecified atom stereocenters. The van der Waals surface area contributed by atoms with Crippen LogP contribution in [0.4, 0.5) is 4.39 Å². The SMILES string of the molecule is C[C@@H]1CN(Cc2ccc(F)cc2)[C@@H](C)CN1C(=O)COc1ccc(Cl)cc1OCC[C@@H](N)C(=O)CS(N)(=O)=O. The van der Waals surface area contributed by atoms with Crippen LogP contribution in [-0.4, -0.2) is 80.1 Å². The molecular formula is C26H34ClFN4O6S. The number of amides is 1. The van der Waals surface area contributed by atoms with E-state index in [1.54, 1.807) is 29.2 Å². The molecule has 39 heavy (non-hydrogen) atoms. The zero-order chi connectivity index (χ0) is 28.7. The quantitative estimate of drug-likeness (QED) is 0.385. The molecule has 1 fully saturated rings. The Labute approximate surface area is 233 Å². The number of sulfonamides is 1. The Morgan fingerprint density at radius 2 is 1.77 bits per heavy atom. The molecule has 0 aliphatic carbocycles. The summed E-state index contributed by atoms with van der Waals surface area (Å²) in [6.07, 6.45) is 0.0385. The van der Waals surface area contributed by atoms with E-state index < -0.39 is 27.6 Å². The largest absolute Gasteiger partial charge is 0.490 e. The summed E-state index contributed by atoms with van der Waals surface area (Å²) in [5.74, 6) is -1.48. The summed E-state index contributed by atoms with van der Waals surface area (Å²) in [4.78, 5) is 29.0. The van der Waals surface area contributed by atoms with Gasteiger partial charge >= 0.3 is 0 Å². The number of halogens is 2. The third kappa shape index (κ3) is 9.43. The highest BCUT2D eigenvalue weighted by Crippen LogP contribution is 2.31. The first kappa shape index (κ1) is 30.8. The van der Waals surface area contributed by atoms with E-state index in [1.807, 2.05) is 13.8 Å². The summed E-state index contributed by atoms with van der Waals surface area (Å²) in [7, 11) is -3.97. The zero-order valence-electron chi connectivity index (χ0n) is 21.9. The lowest BCUT2D eigenvalue weighted by Crippen LogP contribution is -2.58. The third-order valence-corrected chi connectivity index (χ3v) is 7.36. The zero-order valence-corrected chi connectivity index (χ0v) is 23.5. The van der Waals surface area contributed by atoms with Crippen molar-refractivity contribution in [2.75, 3.05) is 32.1 Å². The molecule has 1 amide bonds. The first-order chi connectivity index (χ1) is 18.3. The monoisotopic (exact) mass is 584 g/mol. The molecule has 3 rings (SSSR count). The number of hydrogen-bond donors (Lipinski definition) is 2. The van der Waals surface area contributed by atoms with Crippen LogP contribution in [0.2, 0.25) is 5.02 Å². The van der Waals surface area contributed by atoms with Gasteiger partial charge in [-0.3, -0.25) is 14.5 Å². The van der Waals surface area contributed by atoms with E-state index in [0.717, 1.165) is 5.56 Å². The number of nitrogens with two attached hydrogens (primary N) is 2. The molecule has 2 aromatic rings. The number of nitrogens with zero attached hydrogens (tertiary/aromatic N) is 2. The van der Waals surface area contributed by atoms with Crippen molar-refractivity contribution in [1.82, 2.24) is 9.80 Å². The minimum Gasteiger partial charge on any atom is -0.490 e. The van der Waals surface area contributed by atoms with Crippen molar-refractivity contribution in [1.29, 1.82) is 0 Å². The van der Waals surface area contributed by atoms with Gasteiger partial charge < -0.3 is 20.1 Å². The van der Waals surface area contributed by atoms with E-state index >= 15 is 0 Å². The highest BCUT2D eigenvalue weighted by molar-refractivity contribution is 7.89. The van der Waals surface area contributed by atoms with Crippen molar-refractivity contribution >= 4 is 33.3 Å². The van der Waals surface area contributed by atoms with E-state index in [4.69, 9.17) is 31.9 Å². The Balaban J connectivity index is 1.54. The van der Waals surface area contributed by atoms with Crippen LogP contribution in [-0.2, 0) is 26.2 Å². The summed E-state index contributed by atoms with van der Waals surface area (Å²) in [5, 5.41) is 5.26. The summed E-state index contributed by atoms with van der Waals surface area (Å²) in [5.41, 5.74) is 6.75. The molecule has 0 radical (unpaired) electrons. The topological polar surface area (TPSA) is 145 Å². The molecule has 1 aliphatic rings. The fourth-order valence-electron chi connectivity index (χ4n) is 4.29. The van der Waals surface area contributed by atoms with Crippen LogP contribution < -0.4 is 20.3 Å². The van der Waals surface area contributed by atoms with Gasteiger partial charge in [-0.05, 0) is 43.7 Å². The molecule has 10 nitrogen and oxygen atoms in total. The average Bonchev–Trinajstić information content (AvgIpc) is 2.85. The van der Waals surface area contributed by atoms with Crippen LogP contribution in [0.15, 0.2) is 42.5 Å². The summed E-state index contributed by atoms with van der Waals surface area (Å²) >= 11 is 6.09. The second kappa shape index (κ2) is 13.5. The van der Waals surface area contributed by atoms with Gasteiger partial charge in [0, 0.05) is 49.2 Å². The summed E-state index contributed by atoms with van der Waals surface area (Å²) < 4.78 is 46.9. The van der Waals surface area contributed by atoms with E-state index in [-0.39, 0.29) is 54.9 Å². The van der Waals surface area contributed by atoms with Gasteiger partial charge in [0.1, 0.15) is 11.6 Å². The molecule has 1 aliphatic heterocycles. The van der Waals surface area contributed by atoms with Crippen molar-refractivity contribution in [2.24, 2.45) is 10.9 Å². The Morgan fingerprint density at radius 3 is 2.44 bits per heavy atom. The van der Waals surface area contributed by atoms with E-state index in [2.05, 4.69) is 4.90 Å². The second-order valence-corrected chi connectivity index (χ2v) is 11.7. The predicted octanol–water partition coefficient (Wildman–Crippen LogP) is 1.93. The van der Waals surface area contributed by atoms with Crippen molar-refractivity contribution in [3.8, 4) is 11.5 Å².